The Morgan fingerprint density at radius 3 is 0.679 bits per heavy atom. The van der Waals surface area contributed by atoms with Gasteiger partial charge in [0, 0.05) is 52.0 Å². The SMILES string of the molecule is C1=C\CC/C=C\CC/1.C1=C\CC/C=C\CC/1.CN(C)CCN(C)C.[Cl-].[Cl-].[Rh].[Rh]. The number of hydrogen-bond donors (Lipinski definition) is 0. The van der Waals surface area contributed by atoms with Crippen molar-refractivity contribution >= 4 is 0 Å². The van der Waals surface area contributed by atoms with E-state index in [9.17, 15) is 0 Å². The first kappa shape index (κ1) is 39.2. The average Bonchev–Trinajstić information content (AvgIpc) is 2.45. The molecule has 0 N–H and O–H groups in total. The fraction of sp³-hybridized carbons (Fsp3) is 0.636. The molecule has 2 radical (unpaired) electrons. The Balaban J connectivity index is -0.0000000882. The molecular weight excluding hydrogens is 569 g/mol. The first-order valence-corrected chi connectivity index (χ1v) is 9.52. The third-order valence-corrected chi connectivity index (χ3v) is 3.66. The van der Waals surface area contributed by atoms with Gasteiger partial charge in [-0.15, -0.1) is 0 Å². The van der Waals surface area contributed by atoms with Crippen LogP contribution in [-0.4, -0.2) is 51.1 Å². The zero-order chi connectivity index (χ0) is 17.9. The summed E-state index contributed by atoms with van der Waals surface area (Å²) < 4.78 is 0. The summed E-state index contributed by atoms with van der Waals surface area (Å²) in [4.78, 5) is 4.36. The van der Waals surface area contributed by atoms with Gasteiger partial charge in [0.05, 0.1) is 0 Å². The largest absolute Gasteiger partial charge is 1.00 e. The van der Waals surface area contributed by atoms with Gasteiger partial charge in [0.25, 0.3) is 0 Å². The summed E-state index contributed by atoms with van der Waals surface area (Å²) in [6.45, 7) is 2.29. The molecule has 2 rings (SSSR count). The number of halogens is 2. The van der Waals surface area contributed by atoms with E-state index in [0.29, 0.717) is 0 Å². The van der Waals surface area contributed by atoms with E-state index < -0.39 is 0 Å². The average molecular weight is 609 g/mol. The molecule has 0 unspecified atom stereocenters. The molecule has 0 saturated heterocycles. The van der Waals surface area contributed by atoms with Gasteiger partial charge < -0.3 is 34.6 Å². The van der Waals surface area contributed by atoms with E-state index in [1.807, 2.05) is 0 Å². The van der Waals surface area contributed by atoms with Crippen LogP contribution in [0.4, 0.5) is 0 Å². The summed E-state index contributed by atoms with van der Waals surface area (Å²) in [5.74, 6) is 0. The maximum atomic E-state index is 2.27. The molecular formula is C22H40Cl2N2Rh2-2. The van der Waals surface area contributed by atoms with Crippen molar-refractivity contribution in [1.29, 1.82) is 0 Å². The van der Waals surface area contributed by atoms with Crippen molar-refractivity contribution in [2.45, 2.75) is 51.4 Å². The van der Waals surface area contributed by atoms with Crippen molar-refractivity contribution in [3.8, 4) is 0 Å². The minimum absolute atomic E-state index is 0. The zero-order valence-corrected chi connectivity index (χ0v) is 22.8. The van der Waals surface area contributed by atoms with Gasteiger partial charge in [-0.05, 0) is 79.6 Å². The fourth-order valence-electron chi connectivity index (χ4n) is 2.11. The van der Waals surface area contributed by atoms with Crippen molar-refractivity contribution in [3.05, 3.63) is 48.6 Å². The van der Waals surface area contributed by atoms with Crippen molar-refractivity contribution in [2.24, 2.45) is 0 Å². The Morgan fingerprint density at radius 2 is 0.571 bits per heavy atom. The van der Waals surface area contributed by atoms with E-state index >= 15 is 0 Å². The zero-order valence-electron chi connectivity index (χ0n) is 18.0. The first-order valence-electron chi connectivity index (χ1n) is 9.52. The fourth-order valence-corrected chi connectivity index (χ4v) is 2.11. The molecule has 0 saturated carbocycles. The van der Waals surface area contributed by atoms with E-state index in [4.69, 9.17) is 0 Å². The van der Waals surface area contributed by atoms with Crippen LogP contribution >= 0.6 is 0 Å². The first-order chi connectivity index (χ1) is 11.6. The van der Waals surface area contributed by atoms with Crippen molar-refractivity contribution < 1.29 is 63.8 Å². The predicted octanol–water partition coefficient (Wildman–Crippen LogP) is -0.542. The van der Waals surface area contributed by atoms with Crippen molar-refractivity contribution in [2.75, 3.05) is 41.3 Å². The molecule has 6 heteroatoms. The molecule has 172 valence electrons. The molecule has 0 spiro atoms. The Kier molecular flexibility index (Phi) is 45.3. The maximum absolute atomic E-state index is 2.27. The van der Waals surface area contributed by atoms with Gasteiger partial charge in [-0.3, -0.25) is 0 Å². The van der Waals surface area contributed by atoms with E-state index in [1.54, 1.807) is 0 Å². The summed E-state index contributed by atoms with van der Waals surface area (Å²) >= 11 is 0. The van der Waals surface area contributed by atoms with Crippen LogP contribution in [0, 0.1) is 0 Å². The number of allylic oxidation sites excluding steroid dienone is 8. The summed E-state index contributed by atoms with van der Waals surface area (Å²) in [6.07, 6.45) is 28.0. The molecule has 0 fully saturated rings. The van der Waals surface area contributed by atoms with Crippen LogP contribution in [-0.2, 0) is 39.0 Å². The molecule has 0 aliphatic heterocycles. The van der Waals surface area contributed by atoms with Crippen LogP contribution in [0.15, 0.2) is 48.6 Å². The molecule has 0 aromatic heterocycles. The summed E-state index contributed by atoms with van der Waals surface area (Å²) in [5.41, 5.74) is 0. The molecule has 2 aliphatic rings. The standard InChI is InChI=1S/2C8H12.C6H16N2.2ClH.2Rh/c2*1-2-4-6-8-7-5-3-1;1-7(2)5-6-8(3)4;;;;/h2*1-2,7-8H,3-6H2;5-6H2,1-4H3;2*1H;;/p-2/b2*2-1-,8-7-;;;;;. The quantitative estimate of drug-likeness (QED) is 0.314. The van der Waals surface area contributed by atoms with Gasteiger partial charge in [-0.25, -0.2) is 0 Å². The van der Waals surface area contributed by atoms with Crippen LogP contribution in [0.3, 0.4) is 0 Å². The number of nitrogens with zero attached hydrogens (tertiary/aromatic N) is 2. The van der Waals surface area contributed by atoms with Gasteiger partial charge in [0.1, 0.15) is 0 Å². The van der Waals surface area contributed by atoms with Crippen LogP contribution in [0.2, 0.25) is 0 Å². The second kappa shape index (κ2) is 32.4. The Bertz CT molecular complexity index is 295. The van der Waals surface area contributed by atoms with Crippen LogP contribution in [0.1, 0.15) is 51.4 Å². The van der Waals surface area contributed by atoms with E-state index in [2.05, 4.69) is 86.6 Å². The van der Waals surface area contributed by atoms with Gasteiger partial charge in [-0.1, -0.05) is 48.6 Å². The number of rotatable bonds is 3. The predicted molar refractivity (Wildman–Crippen MR) is 111 cm³/mol. The monoisotopic (exact) mass is 608 g/mol. The molecule has 28 heavy (non-hydrogen) atoms. The summed E-state index contributed by atoms with van der Waals surface area (Å²) in [5, 5.41) is 0. The van der Waals surface area contributed by atoms with Crippen LogP contribution in [0.25, 0.3) is 0 Å². The molecule has 2 nitrogen and oxygen atoms in total. The Labute approximate surface area is 213 Å². The normalized spacial score (nSPS) is 19.2. The summed E-state index contributed by atoms with van der Waals surface area (Å²) in [6, 6.07) is 0. The van der Waals surface area contributed by atoms with Crippen molar-refractivity contribution in [1.82, 2.24) is 9.80 Å². The molecule has 0 amide bonds. The smallest absolute Gasteiger partial charge is 0.0103 e. The Morgan fingerprint density at radius 1 is 0.429 bits per heavy atom. The topological polar surface area (TPSA) is 6.48 Å². The van der Waals surface area contributed by atoms with E-state index in [-0.39, 0.29) is 63.8 Å². The molecule has 0 aromatic rings. The third-order valence-electron chi connectivity index (χ3n) is 3.66. The van der Waals surface area contributed by atoms with Crippen LogP contribution < -0.4 is 24.8 Å². The number of likely N-dealkylation sites (N-methyl/N-ethyl adjacent to an activating group) is 2. The molecule has 0 aromatic carbocycles. The minimum Gasteiger partial charge on any atom is -1.00 e. The molecule has 0 bridgehead atoms. The maximum Gasteiger partial charge on any atom is 0.0103 e. The van der Waals surface area contributed by atoms with Gasteiger partial charge in [0.15, 0.2) is 0 Å². The third kappa shape index (κ3) is 37.5. The number of hydrogen-bond acceptors (Lipinski definition) is 2. The minimum atomic E-state index is 0. The molecule has 0 atom stereocenters. The van der Waals surface area contributed by atoms with Crippen LogP contribution in [0.5, 0.6) is 0 Å². The molecule has 2 aliphatic carbocycles. The van der Waals surface area contributed by atoms with E-state index in [0.717, 1.165) is 13.1 Å². The van der Waals surface area contributed by atoms with Gasteiger partial charge >= 0.3 is 0 Å². The Hall–Kier alpha value is 0.707. The second-order valence-electron chi connectivity index (χ2n) is 6.80. The van der Waals surface area contributed by atoms with Gasteiger partial charge in [-0.2, -0.15) is 0 Å². The van der Waals surface area contributed by atoms with Gasteiger partial charge in [0.2, 0.25) is 0 Å². The summed E-state index contributed by atoms with van der Waals surface area (Å²) in [7, 11) is 8.35. The molecule has 0 heterocycles. The van der Waals surface area contributed by atoms with E-state index in [1.165, 1.54) is 51.4 Å². The second-order valence-corrected chi connectivity index (χ2v) is 6.80. The van der Waals surface area contributed by atoms with Crippen molar-refractivity contribution in [3.63, 3.8) is 0 Å².